The number of nitrogens with zero attached hydrogens (tertiary/aromatic N) is 3. The van der Waals surface area contributed by atoms with Crippen molar-refractivity contribution in [2.24, 2.45) is 15.7 Å². The van der Waals surface area contributed by atoms with E-state index in [0.29, 0.717) is 6.67 Å². The maximum absolute atomic E-state index is 10.3. The van der Waals surface area contributed by atoms with Gasteiger partial charge in [0.25, 0.3) is 0 Å². The first-order chi connectivity index (χ1) is 4.79. The summed E-state index contributed by atoms with van der Waals surface area (Å²) in [5.74, 6) is -0.372. The van der Waals surface area contributed by atoms with Crippen LogP contribution in [0.4, 0.5) is 0 Å². The van der Waals surface area contributed by atoms with E-state index in [4.69, 9.17) is 5.73 Å². The summed E-state index contributed by atoms with van der Waals surface area (Å²) in [6.45, 7) is 0.646. The fourth-order valence-electron chi connectivity index (χ4n) is 0.640. The van der Waals surface area contributed by atoms with Crippen molar-refractivity contribution in [1.82, 2.24) is 4.90 Å². The molecule has 1 amide bonds. The normalized spacial score (nSPS) is 15.8. The van der Waals surface area contributed by atoms with Crippen LogP contribution in [0.3, 0.4) is 0 Å². The first-order valence-electron chi connectivity index (χ1n) is 2.83. The highest BCUT2D eigenvalue weighted by Gasteiger charge is 2.03. The van der Waals surface area contributed by atoms with Crippen molar-refractivity contribution in [3.63, 3.8) is 0 Å². The Bertz CT molecular complexity index is 186. The lowest BCUT2D eigenvalue weighted by Gasteiger charge is -2.15. The number of hydrogen-bond donors (Lipinski definition) is 1. The van der Waals surface area contributed by atoms with Gasteiger partial charge in [-0.3, -0.25) is 9.79 Å². The minimum atomic E-state index is -0.372. The fraction of sp³-hybridized carbons (Fsp3) is 0.400. The summed E-state index contributed by atoms with van der Waals surface area (Å²) in [7, 11) is 0. The van der Waals surface area contributed by atoms with Gasteiger partial charge >= 0.3 is 0 Å². The SMILES string of the molecule is NC(=O)CN1C=NC=NC1. The molecule has 1 aliphatic rings. The number of nitrogens with two attached hydrogens (primary N) is 1. The van der Waals surface area contributed by atoms with Crippen molar-refractivity contribution in [2.45, 2.75) is 0 Å². The van der Waals surface area contributed by atoms with E-state index in [1.54, 1.807) is 4.90 Å². The van der Waals surface area contributed by atoms with Crippen molar-refractivity contribution in [3.05, 3.63) is 0 Å². The molecule has 0 bridgehead atoms. The van der Waals surface area contributed by atoms with Crippen LogP contribution in [0, 0.1) is 0 Å². The zero-order chi connectivity index (χ0) is 7.40. The standard InChI is InChI=1S/C5H8N4O/c6-5(10)1-9-3-7-2-8-4-9/h2-3H,1,4H2,(H2,6,10). The second-order valence-electron chi connectivity index (χ2n) is 1.92. The zero-order valence-corrected chi connectivity index (χ0v) is 5.40. The number of rotatable bonds is 2. The van der Waals surface area contributed by atoms with Crippen LogP contribution in [-0.2, 0) is 4.79 Å². The van der Waals surface area contributed by atoms with Gasteiger partial charge < -0.3 is 10.6 Å². The Hall–Kier alpha value is -1.39. The number of primary amides is 1. The van der Waals surface area contributed by atoms with Gasteiger partial charge in [0.15, 0.2) is 0 Å². The molecule has 0 saturated heterocycles. The first kappa shape index (κ1) is 6.73. The van der Waals surface area contributed by atoms with Crippen LogP contribution in [-0.4, -0.2) is 36.7 Å². The number of amides is 1. The lowest BCUT2D eigenvalue weighted by molar-refractivity contribution is -0.118. The van der Waals surface area contributed by atoms with Crippen LogP contribution in [0.15, 0.2) is 9.98 Å². The molecule has 1 aliphatic heterocycles. The predicted molar refractivity (Wildman–Crippen MR) is 37.8 cm³/mol. The topological polar surface area (TPSA) is 71.1 Å². The zero-order valence-electron chi connectivity index (χ0n) is 5.40. The van der Waals surface area contributed by atoms with Gasteiger partial charge in [-0.2, -0.15) is 0 Å². The third-order valence-electron chi connectivity index (χ3n) is 1.00. The molecule has 1 rings (SSSR count). The molecule has 5 heteroatoms. The summed E-state index contributed by atoms with van der Waals surface area (Å²) in [6, 6.07) is 0. The lowest BCUT2D eigenvalue weighted by atomic mass is 10.5. The maximum Gasteiger partial charge on any atom is 0.237 e. The van der Waals surface area contributed by atoms with E-state index >= 15 is 0 Å². The Balaban J connectivity index is 2.37. The van der Waals surface area contributed by atoms with E-state index < -0.39 is 0 Å². The summed E-state index contributed by atoms with van der Waals surface area (Å²) >= 11 is 0. The molecule has 54 valence electrons. The van der Waals surface area contributed by atoms with Crippen LogP contribution < -0.4 is 5.73 Å². The Morgan fingerprint density at radius 2 is 2.60 bits per heavy atom. The molecule has 0 aromatic rings. The Labute approximate surface area is 58.2 Å². The molecule has 0 unspecified atom stereocenters. The Morgan fingerprint density at radius 1 is 1.80 bits per heavy atom. The summed E-state index contributed by atoms with van der Waals surface area (Å²) in [5, 5.41) is 0. The molecule has 1 heterocycles. The average molecular weight is 140 g/mol. The van der Waals surface area contributed by atoms with Crippen LogP contribution in [0.2, 0.25) is 0 Å². The molecule has 10 heavy (non-hydrogen) atoms. The van der Waals surface area contributed by atoms with Crippen LogP contribution >= 0.6 is 0 Å². The molecule has 2 N–H and O–H groups in total. The molecule has 5 nitrogen and oxygen atoms in total. The summed E-state index contributed by atoms with van der Waals surface area (Å²) in [6.07, 6.45) is 2.98. The van der Waals surface area contributed by atoms with Gasteiger partial charge in [0.2, 0.25) is 5.91 Å². The van der Waals surface area contributed by atoms with E-state index in [0.717, 1.165) is 0 Å². The molecule has 0 aliphatic carbocycles. The largest absolute Gasteiger partial charge is 0.368 e. The molecule has 0 fully saturated rings. The minimum absolute atomic E-state index is 0.181. The lowest BCUT2D eigenvalue weighted by Crippen LogP contribution is -2.34. The summed E-state index contributed by atoms with van der Waals surface area (Å²) < 4.78 is 0. The Morgan fingerprint density at radius 3 is 3.10 bits per heavy atom. The van der Waals surface area contributed by atoms with Gasteiger partial charge in [-0.25, -0.2) is 4.99 Å². The quantitative estimate of drug-likeness (QED) is 0.523. The number of hydrogen-bond acceptors (Lipinski definition) is 4. The van der Waals surface area contributed by atoms with Gasteiger partial charge in [0.05, 0.1) is 12.9 Å². The molecular formula is C5H8N4O. The van der Waals surface area contributed by atoms with Crippen LogP contribution in [0.5, 0.6) is 0 Å². The Kier molecular flexibility index (Phi) is 1.99. The van der Waals surface area contributed by atoms with Gasteiger partial charge in [-0.05, 0) is 0 Å². The predicted octanol–water partition coefficient (Wildman–Crippen LogP) is -1.20. The highest BCUT2D eigenvalue weighted by atomic mass is 16.1. The third-order valence-corrected chi connectivity index (χ3v) is 1.00. The highest BCUT2D eigenvalue weighted by molar-refractivity contribution is 5.80. The smallest absolute Gasteiger partial charge is 0.237 e. The highest BCUT2D eigenvalue weighted by Crippen LogP contribution is 1.87. The van der Waals surface area contributed by atoms with Gasteiger partial charge in [-0.15, -0.1) is 0 Å². The van der Waals surface area contributed by atoms with Crippen molar-refractivity contribution < 1.29 is 4.79 Å². The van der Waals surface area contributed by atoms with Crippen molar-refractivity contribution in [1.29, 1.82) is 0 Å². The second-order valence-corrected chi connectivity index (χ2v) is 1.92. The number of aliphatic imine (C=N–C) groups is 2. The van der Waals surface area contributed by atoms with Gasteiger partial charge in [0.1, 0.15) is 13.0 Å². The summed E-state index contributed by atoms with van der Waals surface area (Å²) in [4.78, 5) is 19.5. The summed E-state index contributed by atoms with van der Waals surface area (Å²) in [5.41, 5.74) is 4.93. The van der Waals surface area contributed by atoms with Crippen molar-refractivity contribution in [2.75, 3.05) is 13.2 Å². The van der Waals surface area contributed by atoms with E-state index in [2.05, 4.69) is 9.98 Å². The van der Waals surface area contributed by atoms with E-state index in [9.17, 15) is 4.79 Å². The molecule has 0 aromatic heterocycles. The minimum Gasteiger partial charge on any atom is -0.368 e. The average Bonchev–Trinajstić information content (AvgIpc) is 1.88. The molecule has 0 radical (unpaired) electrons. The van der Waals surface area contributed by atoms with E-state index in [1.165, 1.54) is 12.7 Å². The van der Waals surface area contributed by atoms with Crippen molar-refractivity contribution >= 4 is 18.6 Å². The third kappa shape index (κ3) is 1.85. The molecule has 0 atom stereocenters. The first-order valence-corrected chi connectivity index (χ1v) is 2.83. The molecule has 0 aromatic carbocycles. The van der Waals surface area contributed by atoms with E-state index in [1.807, 2.05) is 0 Å². The van der Waals surface area contributed by atoms with Gasteiger partial charge in [0, 0.05) is 0 Å². The second kappa shape index (κ2) is 2.95. The van der Waals surface area contributed by atoms with E-state index in [-0.39, 0.29) is 12.5 Å². The molecule has 0 saturated carbocycles. The molecule has 0 spiro atoms. The maximum atomic E-state index is 10.3. The van der Waals surface area contributed by atoms with Gasteiger partial charge in [-0.1, -0.05) is 0 Å². The van der Waals surface area contributed by atoms with Crippen LogP contribution in [0.25, 0.3) is 0 Å². The number of carbonyl (C=O) groups is 1. The molecular weight excluding hydrogens is 132 g/mol. The monoisotopic (exact) mass is 140 g/mol. The number of carbonyl (C=O) groups excluding carboxylic acids is 1. The van der Waals surface area contributed by atoms with Crippen LogP contribution in [0.1, 0.15) is 0 Å². The van der Waals surface area contributed by atoms with Crippen molar-refractivity contribution in [3.8, 4) is 0 Å². The fourth-order valence-corrected chi connectivity index (χ4v) is 0.640.